The minimum absolute atomic E-state index is 0.0730. The number of hydrogen-bond donors (Lipinski definition) is 0. The number of fused-ring (bicyclic) bond motifs is 1. The van der Waals surface area contributed by atoms with Gasteiger partial charge in [-0.15, -0.1) is 0 Å². The number of carbonyl (C=O) groups excluding carboxylic acids is 1. The molecule has 0 saturated carbocycles. The Labute approximate surface area is 98.2 Å². The van der Waals surface area contributed by atoms with E-state index in [4.69, 9.17) is 11.6 Å². The van der Waals surface area contributed by atoms with Gasteiger partial charge in [-0.3, -0.25) is 4.79 Å². The van der Waals surface area contributed by atoms with Crippen LogP contribution < -0.4 is 0 Å². The molecule has 0 N–H and O–H groups in total. The third-order valence-corrected chi connectivity index (χ3v) is 2.93. The zero-order valence-corrected chi connectivity index (χ0v) is 9.64. The highest BCUT2D eigenvalue weighted by molar-refractivity contribution is 9.10. The smallest absolute Gasteiger partial charge is 0.153 e. The maximum absolute atomic E-state index is 13.4. The van der Waals surface area contributed by atoms with Crippen molar-refractivity contribution in [2.45, 2.75) is 0 Å². The van der Waals surface area contributed by atoms with Crippen LogP contribution in [-0.2, 0) is 0 Å². The van der Waals surface area contributed by atoms with E-state index in [0.717, 1.165) is 0 Å². The van der Waals surface area contributed by atoms with Crippen molar-refractivity contribution in [2.24, 2.45) is 0 Å². The molecule has 2 aromatic rings. The summed E-state index contributed by atoms with van der Waals surface area (Å²) in [6.07, 6.45) is 0.551. The maximum atomic E-state index is 13.4. The molecular weight excluding hydrogens is 284 g/mol. The molecule has 0 amide bonds. The number of hydrogen-bond acceptors (Lipinski definition) is 2. The van der Waals surface area contributed by atoms with Gasteiger partial charge in [0.1, 0.15) is 11.0 Å². The van der Waals surface area contributed by atoms with Gasteiger partial charge < -0.3 is 0 Å². The van der Waals surface area contributed by atoms with E-state index in [-0.39, 0.29) is 16.1 Å². The lowest BCUT2D eigenvalue weighted by Gasteiger charge is -2.03. The highest BCUT2D eigenvalue weighted by atomic mass is 79.9. The third-order valence-electron chi connectivity index (χ3n) is 1.99. The zero-order valence-electron chi connectivity index (χ0n) is 7.30. The Morgan fingerprint density at radius 2 is 2.20 bits per heavy atom. The third kappa shape index (κ3) is 1.75. The van der Waals surface area contributed by atoms with Gasteiger partial charge in [0, 0.05) is 9.86 Å². The molecule has 0 aliphatic carbocycles. The van der Waals surface area contributed by atoms with Gasteiger partial charge in [0.15, 0.2) is 6.29 Å². The van der Waals surface area contributed by atoms with Gasteiger partial charge in [-0.05, 0) is 34.1 Å². The fraction of sp³-hybridized carbons (Fsp3) is 0. The van der Waals surface area contributed by atoms with E-state index in [1.165, 1.54) is 12.1 Å². The molecule has 0 fully saturated rings. The van der Waals surface area contributed by atoms with E-state index < -0.39 is 5.82 Å². The van der Waals surface area contributed by atoms with Gasteiger partial charge in [-0.1, -0.05) is 11.6 Å². The summed E-state index contributed by atoms with van der Waals surface area (Å²) in [6, 6.07) is 4.23. The van der Waals surface area contributed by atoms with E-state index in [1.807, 2.05) is 0 Å². The summed E-state index contributed by atoms with van der Waals surface area (Å²) >= 11 is 8.98. The molecule has 1 aromatic carbocycles. The number of aromatic nitrogens is 1. The second kappa shape index (κ2) is 3.87. The molecule has 0 radical (unpaired) electrons. The first-order valence-corrected chi connectivity index (χ1v) is 5.20. The SMILES string of the molecule is O=Cc1cc2c(F)ccc(Br)c2nc1Cl. The van der Waals surface area contributed by atoms with Gasteiger partial charge in [-0.2, -0.15) is 0 Å². The van der Waals surface area contributed by atoms with Gasteiger partial charge in [0.25, 0.3) is 0 Å². The Morgan fingerprint density at radius 3 is 2.87 bits per heavy atom. The fourth-order valence-corrected chi connectivity index (χ4v) is 1.89. The van der Waals surface area contributed by atoms with Crippen LogP contribution in [0.15, 0.2) is 22.7 Å². The van der Waals surface area contributed by atoms with Gasteiger partial charge in [-0.25, -0.2) is 9.37 Å². The van der Waals surface area contributed by atoms with Crippen LogP contribution in [0.25, 0.3) is 10.9 Å². The zero-order chi connectivity index (χ0) is 11.0. The summed E-state index contributed by atoms with van der Waals surface area (Å²) < 4.78 is 14.0. The predicted molar refractivity (Wildman–Crippen MR) is 59.8 cm³/mol. The molecule has 76 valence electrons. The summed E-state index contributed by atoms with van der Waals surface area (Å²) in [4.78, 5) is 14.6. The molecule has 0 spiro atoms. The van der Waals surface area contributed by atoms with Crippen molar-refractivity contribution in [1.82, 2.24) is 4.98 Å². The lowest BCUT2D eigenvalue weighted by atomic mass is 10.1. The quantitative estimate of drug-likeness (QED) is 0.593. The molecular formula is C10H4BrClFNO. The summed E-state index contributed by atoms with van der Waals surface area (Å²) in [5.74, 6) is -0.430. The van der Waals surface area contributed by atoms with E-state index in [9.17, 15) is 9.18 Å². The second-order valence-electron chi connectivity index (χ2n) is 2.91. The van der Waals surface area contributed by atoms with Crippen LogP contribution in [-0.4, -0.2) is 11.3 Å². The van der Waals surface area contributed by atoms with Crippen molar-refractivity contribution in [3.63, 3.8) is 0 Å². The molecule has 0 bridgehead atoms. The molecule has 0 aliphatic heterocycles. The number of aldehydes is 1. The summed E-state index contributed by atoms with van der Waals surface area (Å²) in [5.41, 5.74) is 0.590. The van der Waals surface area contributed by atoms with Crippen LogP contribution in [0.5, 0.6) is 0 Å². The van der Waals surface area contributed by atoms with Crippen LogP contribution in [0.4, 0.5) is 4.39 Å². The molecule has 0 saturated heterocycles. The minimum Gasteiger partial charge on any atom is -0.298 e. The fourth-order valence-electron chi connectivity index (χ4n) is 1.27. The molecule has 5 heteroatoms. The van der Waals surface area contributed by atoms with Crippen molar-refractivity contribution in [3.8, 4) is 0 Å². The van der Waals surface area contributed by atoms with E-state index in [1.54, 1.807) is 6.07 Å². The monoisotopic (exact) mass is 287 g/mol. The Morgan fingerprint density at radius 1 is 1.47 bits per heavy atom. The normalized spacial score (nSPS) is 10.6. The van der Waals surface area contributed by atoms with E-state index >= 15 is 0 Å². The summed E-state index contributed by atoms with van der Waals surface area (Å²) in [5, 5.41) is 0.347. The number of pyridine rings is 1. The highest BCUT2D eigenvalue weighted by Crippen LogP contribution is 2.27. The first kappa shape index (κ1) is 10.5. The number of halogens is 3. The van der Waals surface area contributed by atoms with Crippen LogP contribution in [0.2, 0.25) is 5.15 Å². The first-order valence-electron chi connectivity index (χ1n) is 4.03. The van der Waals surface area contributed by atoms with Crippen molar-refractivity contribution < 1.29 is 9.18 Å². The molecule has 1 heterocycles. The summed E-state index contributed by atoms with van der Waals surface area (Å²) in [6.45, 7) is 0. The Bertz CT molecular complexity index is 559. The van der Waals surface area contributed by atoms with Crippen LogP contribution in [0.1, 0.15) is 10.4 Å². The standard InChI is InChI=1S/C10H4BrClFNO/c11-7-1-2-8(13)6-3-5(4-15)10(12)14-9(6)7/h1-4H. The van der Waals surface area contributed by atoms with Crippen molar-refractivity contribution >= 4 is 44.7 Å². The van der Waals surface area contributed by atoms with Gasteiger partial charge in [0.05, 0.1) is 11.1 Å². The molecule has 0 atom stereocenters. The van der Waals surface area contributed by atoms with Crippen LogP contribution in [0, 0.1) is 5.82 Å². The maximum Gasteiger partial charge on any atom is 0.153 e. The van der Waals surface area contributed by atoms with Crippen molar-refractivity contribution in [3.05, 3.63) is 39.2 Å². The van der Waals surface area contributed by atoms with Crippen molar-refractivity contribution in [2.75, 3.05) is 0 Å². The molecule has 2 rings (SSSR count). The van der Waals surface area contributed by atoms with Crippen LogP contribution in [0.3, 0.4) is 0 Å². The first-order chi connectivity index (χ1) is 7.13. The number of carbonyl (C=O) groups is 1. The molecule has 15 heavy (non-hydrogen) atoms. The average molecular weight is 289 g/mol. The average Bonchev–Trinajstić information content (AvgIpc) is 2.23. The Kier molecular flexibility index (Phi) is 2.71. The number of nitrogens with zero attached hydrogens (tertiary/aromatic N) is 1. The second-order valence-corrected chi connectivity index (χ2v) is 4.12. The predicted octanol–water partition coefficient (Wildman–Crippen LogP) is 3.60. The van der Waals surface area contributed by atoms with Crippen molar-refractivity contribution in [1.29, 1.82) is 0 Å². The van der Waals surface area contributed by atoms with Gasteiger partial charge in [0.2, 0.25) is 0 Å². The number of benzene rings is 1. The van der Waals surface area contributed by atoms with Crippen LogP contribution >= 0.6 is 27.5 Å². The topological polar surface area (TPSA) is 30.0 Å². The highest BCUT2D eigenvalue weighted by Gasteiger charge is 2.10. The lowest BCUT2D eigenvalue weighted by Crippen LogP contribution is -1.91. The Hall–Kier alpha value is -1.00. The van der Waals surface area contributed by atoms with Gasteiger partial charge >= 0.3 is 0 Å². The largest absolute Gasteiger partial charge is 0.298 e. The lowest BCUT2D eigenvalue weighted by molar-refractivity contribution is 0.112. The molecule has 0 unspecified atom stereocenters. The van der Waals surface area contributed by atoms with E-state index in [0.29, 0.717) is 16.3 Å². The number of rotatable bonds is 1. The summed E-state index contributed by atoms with van der Waals surface area (Å²) in [7, 11) is 0. The Balaban J connectivity index is 2.92. The van der Waals surface area contributed by atoms with E-state index in [2.05, 4.69) is 20.9 Å². The minimum atomic E-state index is -0.430. The molecule has 1 aromatic heterocycles. The molecule has 2 nitrogen and oxygen atoms in total. The molecule has 0 aliphatic rings.